The molecule has 2 amide bonds. The van der Waals surface area contributed by atoms with Crippen molar-refractivity contribution in [2.24, 2.45) is 0 Å². The number of carbonyl (C=O) groups excluding carboxylic acids is 2. The number of carbonyl (C=O) groups is 2. The Labute approximate surface area is 132 Å². The lowest BCUT2D eigenvalue weighted by Gasteiger charge is -2.32. The van der Waals surface area contributed by atoms with E-state index >= 15 is 0 Å². The van der Waals surface area contributed by atoms with Crippen molar-refractivity contribution in [1.29, 1.82) is 0 Å². The van der Waals surface area contributed by atoms with Crippen LogP contribution in [0.1, 0.15) is 10.9 Å². The van der Waals surface area contributed by atoms with Gasteiger partial charge >= 0.3 is 0 Å². The molecule has 1 N–H and O–H groups in total. The van der Waals surface area contributed by atoms with Crippen molar-refractivity contribution >= 4 is 34.9 Å². The number of nitrogens with one attached hydrogen (secondary N) is 1. The molecule has 21 heavy (non-hydrogen) atoms. The number of rotatable bonds is 3. The Hall–Kier alpha value is -1.05. The van der Waals surface area contributed by atoms with Crippen LogP contribution in [0.4, 0.5) is 0 Å². The van der Waals surface area contributed by atoms with Crippen LogP contribution in [-0.4, -0.2) is 67.1 Å². The zero-order chi connectivity index (χ0) is 14.8. The summed E-state index contributed by atoms with van der Waals surface area (Å²) in [6.45, 7) is 3.78. The van der Waals surface area contributed by atoms with Crippen LogP contribution in [0.5, 0.6) is 0 Å². The molecule has 1 aromatic heterocycles. The van der Waals surface area contributed by atoms with Crippen molar-refractivity contribution in [2.45, 2.75) is 5.37 Å². The van der Waals surface area contributed by atoms with Crippen molar-refractivity contribution in [1.82, 2.24) is 9.80 Å². The average Bonchev–Trinajstić information content (AvgIpc) is 3.10. The van der Waals surface area contributed by atoms with Crippen LogP contribution >= 0.6 is 23.1 Å². The van der Waals surface area contributed by atoms with E-state index in [1.54, 1.807) is 28.0 Å². The topological polar surface area (TPSA) is 45.1 Å². The summed E-state index contributed by atoms with van der Waals surface area (Å²) in [4.78, 5) is 29.6. The third kappa shape index (κ3) is 3.25. The molecule has 7 heteroatoms. The molecule has 0 saturated carbocycles. The van der Waals surface area contributed by atoms with E-state index in [1.807, 2.05) is 16.3 Å². The molecule has 114 valence electrons. The Morgan fingerprint density at radius 1 is 1.43 bits per heavy atom. The molecule has 2 saturated heterocycles. The first-order valence-corrected chi connectivity index (χ1v) is 9.16. The van der Waals surface area contributed by atoms with Gasteiger partial charge in [-0.1, -0.05) is 0 Å². The lowest BCUT2D eigenvalue weighted by atomic mass is 10.2. The minimum absolute atomic E-state index is 0.00536. The monoisotopic (exact) mass is 326 g/mol. The fraction of sp³-hybridized carbons (Fsp3) is 0.571. The predicted octanol–water partition coefficient (Wildman–Crippen LogP) is -0.321. The molecule has 2 aliphatic heterocycles. The molecule has 2 fully saturated rings. The van der Waals surface area contributed by atoms with E-state index in [4.69, 9.17) is 0 Å². The smallest absolute Gasteiger partial charge is 0.242 e. The predicted molar refractivity (Wildman–Crippen MR) is 84.4 cm³/mol. The van der Waals surface area contributed by atoms with Gasteiger partial charge in [-0.25, -0.2) is 0 Å². The first-order valence-electron chi connectivity index (χ1n) is 7.17. The zero-order valence-corrected chi connectivity index (χ0v) is 13.7. The molecule has 0 bridgehead atoms. The number of hydrogen-bond donors (Lipinski definition) is 1. The maximum atomic E-state index is 12.4. The quantitative estimate of drug-likeness (QED) is 0.828. The summed E-state index contributed by atoms with van der Waals surface area (Å²) >= 11 is 3.24. The van der Waals surface area contributed by atoms with Crippen LogP contribution in [-0.2, 0) is 9.59 Å². The van der Waals surface area contributed by atoms with Crippen LogP contribution in [0.2, 0.25) is 0 Å². The van der Waals surface area contributed by atoms with Crippen molar-refractivity contribution in [3.63, 3.8) is 0 Å². The second kappa shape index (κ2) is 6.37. The number of hydrogen-bond acceptors (Lipinski definition) is 4. The average molecular weight is 326 g/mol. The van der Waals surface area contributed by atoms with Gasteiger partial charge in [0.25, 0.3) is 0 Å². The van der Waals surface area contributed by atoms with Crippen LogP contribution in [0.15, 0.2) is 16.8 Å². The highest BCUT2D eigenvalue weighted by Gasteiger charge is 2.35. The van der Waals surface area contributed by atoms with Crippen LogP contribution in [0.25, 0.3) is 0 Å². The summed E-state index contributed by atoms with van der Waals surface area (Å²) in [7, 11) is 2.15. The summed E-state index contributed by atoms with van der Waals surface area (Å²) in [6.07, 6.45) is 0. The summed E-state index contributed by atoms with van der Waals surface area (Å²) in [5.41, 5.74) is 1.13. The lowest BCUT2D eigenvalue weighted by molar-refractivity contribution is -0.883. The normalized spacial score (nSPS) is 23.9. The fourth-order valence-corrected chi connectivity index (χ4v) is 4.64. The van der Waals surface area contributed by atoms with Gasteiger partial charge in [-0.2, -0.15) is 11.3 Å². The van der Waals surface area contributed by atoms with E-state index < -0.39 is 0 Å². The molecule has 1 aromatic rings. The van der Waals surface area contributed by atoms with E-state index in [0.29, 0.717) is 5.75 Å². The number of amides is 2. The van der Waals surface area contributed by atoms with Crippen molar-refractivity contribution in [3.8, 4) is 0 Å². The summed E-state index contributed by atoms with van der Waals surface area (Å²) in [5, 5.41) is 4.08. The molecule has 0 spiro atoms. The van der Waals surface area contributed by atoms with E-state index in [0.717, 1.165) is 31.7 Å². The first-order chi connectivity index (χ1) is 10.1. The number of thioether (sulfide) groups is 1. The molecule has 3 rings (SSSR count). The van der Waals surface area contributed by atoms with Gasteiger partial charge in [0.15, 0.2) is 0 Å². The van der Waals surface area contributed by atoms with Crippen molar-refractivity contribution < 1.29 is 14.5 Å². The third-order valence-electron chi connectivity index (χ3n) is 4.07. The highest BCUT2D eigenvalue weighted by Crippen LogP contribution is 2.39. The summed E-state index contributed by atoms with van der Waals surface area (Å²) < 4.78 is 0. The Morgan fingerprint density at radius 2 is 2.19 bits per heavy atom. The lowest BCUT2D eigenvalue weighted by Crippen LogP contribution is -3.12. The Morgan fingerprint density at radius 3 is 2.86 bits per heavy atom. The van der Waals surface area contributed by atoms with Gasteiger partial charge in [-0.3, -0.25) is 9.59 Å². The largest absolute Gasteiger partial charge is 0.334 e. The van der Waals surface area contributed by atoms with Gasteiger partial charge in [-0.05, 0) is 22.4 Å². The van der Waals surface area contributed by atoms with Gasteiger partial charge in [0.2, 0.25) is 11.8 Å². The van der Waals surface area contributed by atoms with E-state index in [-0.39, 0.29) is 23.7 Å². The Bertz CT molecular complexity index is 512. The Kier molecular flexibility index (Phi) is 4.51. The molecule has 2 aliphatic rings. The van der Waals surface area contributed by atoms with Crippen LogP contribution in [0.3, 0.4) is 0 Å². The second-order valence-corrected chi connectivity index (χ2v) is 7.43. The minimum atomic E-state index is 0.00536. The first kappa shape index (κ1) is 14.9. The number of piperazine rings is 1. The Balaban J connectivity index is 1.64. The van der Waals surface area contributed by atoms with Gasteiger partial charge in [0.05, 0.1) is 39.0 Å². The summed E-state index contributed by atoms with van der Waals surface area (Å²) in [5.74, 6) is 0.628. The second-order valence-electron chi connectivity index (χ2n) is 5.58. The van der Waals surface area contributed by atoms with E-state index in [9.17, 15) is 9.59 Å². The van der Waals surface area contributed by atoms with E-state index in [1.165, 1.54) is 4.90 Å². The molecule has 5 nitrogen and oxygen atoms in total. The van der Waals surface area contributed by atoms with E-state index in [2.05, 4.69) is 12.4 Å². The molecule has 1 atom stereocenters. The highest BCUT2D eigenvalue weighted by molar-refractivity contribution is 8.00. The standard InChI is InChI=1S/C14H19N3O2S2/c1-15-3-5-16(6-4-15)12(18)8-17-13(19)10-21-14(17)11-2-7-20-9-11/h2,7,9,14H,3-6,8,10H2,1H3/p+1/t14-/m0/s1. The van der Waals surface area contributed by atoms with Gasteiger partial charge in [-0.15, -0.1) is 11.8 Å². The zero-order valence-electron chi connectivity index (χ0n) is 12.1. The minimum Gasteiger partial charge on any atom is -0.334 e. The van der Waals surface area contributed by atoms with Gasteiger partial charge < -0.3 is 14.7 Å². The molecular formula is C14H20N3O2S2+. The molecular weight excluding hydrogens is 306 g/mol. The molecule has 0 radical (unpaired) electrons. The van der Waals surface area contributed by atoms with Crippen molar-refractivity contribution in [3.05, 3.63) is 22.4 Å². The molecule has 0 aliphatic carbocycles. The molecule has 3 heterocycles. The molecule has 0 unspecified atom stereocenters. The maximum absolute atomic E-state index is 12.4. The fourth-order valence-electron chi connectivity index (χ4n) is 2.70. The van der Waals surface area contributed by atoms with Gasteiger partial charge in [0.1, 0.15) is 11.9 Å². The maximum Gasteiger partial charge on any atom is 0.242 e. The number of nitrogens with zero attached hydrogens (tertiary/aromatic N) is 2. The van der Waals surface area contributed by atoms with Crippen LogP contribution in [0, 0.1) is 0 Å². The number of thiophene rings is 1. The van der Waals surface area contributed by atoms with Gasteiger partial charge in [0, 0.05) is 0 Å². The molecule has 0 aromatic carbocycles. The van der Waals surface area contributed by atoms with Crippen LogP contribution < -0.4 is 4.90 Å². The SMILES string of the molecule is C[NH+]1CCN(C(=O)CN2C(=O)CS[C@H]2c2ccsc2)CC1. The number of quaternary nitrogens is 1. The summed E-state index contributed by atoms with van der Waals surface area (Å²) in [6, 6.07) is 2.04. The number of likely N-dealkylation sites (N-methyl/N-ethyl adjacent to an activating group) is 1. The highest BCUT2D eigenvalue weighted by atomic mass is 32.2. The third-order valence-corrected chi connectivity index (χ3v) is 6.03. The van der Waals surface area contributed by atoms with Crippen molar-refractivity contribution in [2.75, 3.05) is 45.5 Å².